The number of sulfonamides is 1. The standard InChI is InChI=1S/C21H34N8O2S/c1-16(2)21-24-20(15-26(21)5)32(30,31)29-12-10-28(11-13-29)19-14-18(22-17(3)23-19)27-8-6-25(4)7-9-27/h14-16H,6-13H2,1-5H3. The highest BCUT2D eigenvalue weighted by Gasteiger charge is 2.32. The summed E-state index contributed by atoms with van der Waals surface area (Å²) in [6.45, 7) is 11.8. The summed E-state index contributed by atoms with van der Waals surface area (Å²) < 4.78 is 29.6. The quantitative estimate of drug-likeness (QED) is 0.648. The molecule has 4 rings (SSSR count). The zero-order valence-corrected chi connectivity index (χ0v) is 20.5. The molecule has 10 nitrogen and oxygen atoms in total. The van der Waals surface area contributed by atoms with E-state index in [1.807, 2.05) is 33.9 Å². The predicted molar refractivity (Wildman–Crippen MR) is 125 cm³/mol. The Hall–Kier alpha value is -2.24. The molecule has 2 aliphatic rings. The van der Waals surface area contributed by atoms with E-state index in [1.165, 1.54) is 4.31 Å². The Labute approximate surface area is 190 Å². The van der Waals surface area contributed by atoms with Crippen LogP contribution in [0.1, 0.15) is 31.4 Å². The molecule has 0 spiro atoms. The summed E-state index contributed by atoms with van der Waals surface area (Å²) in [5.41, 5.74) is 0. The van der Waals surface area contributed by atoms with Gasteiger partial charge in [-0.25, -0.2) is 23.4 Å². The van der Waals surface area contributed by atoms with Crippen molar-refractivity contribution in [2.45, 2.75) is 31.7 Å². The number of likely N-dealkylation sites (N-methyl/N-ethyl adjacent to an activating group) is 1. The maximum absolute atomic E-state index is 13.2. The van der Waals surface area contributed by atoms with Crippen molar-refractivity contribution < 1.29 is 8.42 Å². The van der Waals surface area contributed by atoms with E-state index in [4.69, 9.17) is 0 Å². The topological polar surface area (TPSA) is 90.7 Å². The van der Waals surface area contributed by atoms with Gasteiger partial charge in [-0.15, -0.1) is 0 Å². The van der Waals surface area contributed by atoms with Gasteiger partial charge in [0.1, 0.15) is 23.3 Å². The second kappa shape index (κ2) is 8.95. The summed E-state index contributed by atoms with van der Waals surface area (Å²) in [6.07, 6.45) is 1.62. The van der Waals surface area contributed by atoms with E-state index in [2.05, 4.69) is 36.7 Å². The number of rotatable bonds is 5. The molecule has 0 aliphatic carbocycles. The molecule has 11 heteroatoms. The van der Waals surface area contributed by atoms with Gasteiger partial charge in [0.15, 0.2) is 5.03 Å². The van der Waals surface area contributed by atoms with Crippen LogP contribution in [0.3, 0.4) is 0 Å². The average molecular weight is 463 g/mol. The van der Waals surface area contributed by atoms with E-state index in [0.717, 1.165) is 49.5 Å². The molecule has 0 atom stereocenters. The monoisotopic (exact) mass is 462 g/mol. The van der Waals surface area contributed by atoms with E-state index < -0.39 is 10.0 Å². The van der Waals surface area contributed by atoms with E-state index in [0.29, 0.717) is 26.2 Å². The lowest BCUT2D eigenvalue weighted by Gasteiger charge is -2.36. The highest BCUT2D eigenvalue weighted by Crippen LogP contribution is 2.24. The lowest BCUT2D eigenvalue weighted by atomic mass is 10.2. The molecule has 2 aromatic rings. The lowest BCUT2D eigenvalue weighted by molar-refractivity contribution is 0.312. The van der Waals surface area contributed by atoms with Crippen LogP contribution in [0.4, 0.5) is 11.6 Å². The Morgan fingerprint density at radius 1 is 0.844 bits per heavy atom. The number of hydrogen-bond donors (Lipinski definition) is 0. The van der Waals surface area contributed by atoms with Crippen LogP contribution >= 0.6 is 0 Å². The number of imidazole rings is 1. The van der Waals surface area contributed by atoms with Crippen LogP contribution in [-0.2, 0) is 17.1 Å². The fourth-order valence-electron chi connectivity index (χ4n) is 4.30. The van der Waals surface area contributed by atoms with Gasteiger partial charge in [-0.3, -0.25) is 0 Å². The van der Waals surface area contributed by atoms with Crippen LogP contribution in [0, 0.1) is 6.92 Å². The fraction of sp³-hybridized carbons (Fsp3) is 0.667. The number of aromatic nitrogens is 4. The average Bonchev–Trinajstić information content (AvgIpc) is 3.17. The maximum Gasteiger partial charge on any atom is 0.262 e. The van der Waals surface area contributed by atoms with Crippen LogP contribution < -0.4 is 9.80 Å². The van der Waals surface area contributed by atoms with Crippen molar-refractivity contribution in [3.8, 4) is 0 Å². The van der Waals surface area contributed by atoms with Crippen molar-refractivity contribution in [1.29, 1.82) is 0 Å². The van der Waals surface area contributed by atoms with Crippen LogP contribution in [-0.4, -0.2) is 96.5 Å². The first-order chi connectivity index (χ1) is 15.1. The molecule has 0 unspecified atom stereocenters. The van der Waals surface area contributed by atoms with Gasteiger partial charge in [0.05, 0.1) is 0 Å². The minimum absolute atomic E-state index is 0.132. The third-order valence-electron chi connectivity index (χ3n) is 6.21. The Morgan fingerprint density at radius 3 is 1.88 bits per heavy atom. The highest BCUT2D eigenvalue weighted by molar-refractivity contribution is 7.89. The van der Waals surface area contributed by atoms with Crippen LogP contribution in [0.15, 0.2) is 17.3 Å². The Morgan fingerprint density at radius 2 is 1.38 bits per heavy atom. The van der Waals surface area contributed by atoms with Gasteiger partial charge < -0.3 is 19.3 Å². The molecule has 32 heavy (non-hydrogen) atoms. The molecule has 0 radical (unpaired) electrons. The fourth-order valence-corrected chi connectivity index (χ4v) is 5.71. The van der Waals surface area contributed by atoms with Gasteiger partial charge in [0.25, 0.3) is 10.0 Å². The Bertz CT molecular complexity index is 1050. The molecule has 4 heterocycles. The molecule has 2 aromatic heterocycles. The first kappa shape index (κ1) is 22.9. The van der Waals surface area contributed by atoms with E-state index >= 15 is 0 Å². The molecule has 176 valence electrons. The molecule has 0 bridgehead atoms. The van der Waals surface area contributed by atoms with Gasteiger partial charge in [-0.05, 0) is 14.0 Å². The summed E-state index contributed by atoms with van der Waals surface area (Å²) in [4.78, 5) is 20.5. The van der Waals surface area contributed by atoms with Crippen LogP contribution in [0.5, 0.6) is 0 Å². The molecule has 2 fully saturated rings. The number of anilines is 2. The third-order valence-corrected chi connectivity index (χ3v) is 7.98. The van der Waals surface area contributed by atoms with Crippen molar-refractivity contribution in [2.24, 2.45) is 7.05 Å². The van der Waals surface area contributed by atoms with Crippen molar-refractivity contribution in [2.75, 3.05) is 69.2 Å². The molecule has 2 saturated heterocycles. The van der Waals surface area contributed by atoms with Crippen molar-refractivity contribution >= 4 is 21.7 Å². The molecular weight excluding hydrogens is 428 g/mol. The number of aryl methyl sites for hydroxylation is 2. The molecule has 0 amide bonds. The highest BCUT2D eigenvalue weighted by atomic mass is 32.2. The summed E-state index contributed by atoms with van der Waals surface area (Å²) in [5, 5.41) is 0.132. The van der Waals surface area contributed by atoms with Crippen LogP contribution in [0.25, 0.3) is 0 Å². The van der Waals surface area contributed by atoms with E-state index in [9.17, 15) is 8.42 Å². The van der Waals surface area contributed by atoms with E-state index in [-0.39, 0.29) is 10.9 Å². The number of nitrogens with zero attached hydrogens (tertiary/aromatic N) is 8. The number of piperazine rings is 2. The third kappa shape index (κ3) is 4.60. The maximum atomic E-state index is 13.2. The van der Waals surface area contributed by atoms with Gasteiger partial charge in [-0.1, -0.05) is 13.8 Å². The second-order valence-corrected chi connectivity index (χ2v) is 10.9. The normalized spacial score (nSPS) is 19.2. The van der Waals surface area contributed by atoms with Crippen LogP contribution in [0.2, 0.25) is 0 Å². The van der Waals surface area contributed by atoms with Crippen molar-refractivity contribution in [3.63, 3.8) is 0 Å². The SMILES string of the molecule is Cc1nc(N2CCN(C)CC2)cc(N2CCN(S(=O)(=O)c3cn(C)c(C(C)C)n3)CC2)n1. The largest absolute Gasteiger partial charge is 0.354 e. The smallest absolute Gasteiger partial charge is 0.262 e. The number of hydrogen-bond acceptors (Lipinski definition) is 8. The Kier molecular flexibility index (Phi) is 6.42. The zero-order valence-electron chi connectivity index (χ0n) is 19.7. The first-order valence-corrected chi connectivity index (χ1v) is 12.7. The van der Waals surface area contributed by atoms with Gasteiger partial charge in [-0.2, -0.15) is 4.31 Å². The molecule has 2 aliphatic heterocycles. The lowest BCUT2D eigenvalue weighted by Crippen LogP contribution is -2.49. The zero-order chi connectivity index (χ0) is 23.0. The first-order valence-electron chi connectivity index (χ1n) is 11.2. The minimum Gasteiger partial charge on any atom is -0.354 e. The summed E-state index contributed by atoms with van der Waals surface area (Å²) >= 11 is 0. The summed E-state index contributed by atoms with van der Waals surface area (Å²) in [5.74, 6) is 3.49. The Balaban J connectivity index is 1.46. The van der Waals surface area contributed by atoms with Crippen molar-refractivity contribution in [1.82, 2.24) is 28.7 Å². The van der Waals surface area contributed by atoms with Gasteiger partial charge in [0.2, 0.25) is 0 Å². The summed E-state index contributed by atoms with van der Waals surface area (Å²) in [7, 11) is 0.365. The molecule has 0 N–H and O–H groups in total. The van der Waals surface area contributed by atoms with E-state index in [1.54, 1.807) is 10.8 Å². The predicted octanol–water partition coefficient (Wildman–Crippen LogP) is 0.905. The second-order valence-electron chi connectivity index (χ2n) is 9.02. The molecular formula is C21H34N8O2S. The molecule has 0 aromatic carbocycles. The summed E-state index contributed by atoms with van der Waals surface area (Å²) in [6, 6.07) is 2.04. The minimum atomic E-state index is -3.61. The van der Waals surface area contributed by atoms with Gasteiger partial charge >= 0.3 is 0 Å². The molecule has 0 saturated carbocycles. The van der Waals surface area contributed by atoms with Crippen molar-refractivity contribution in [3.05, 3.63) is 23.9 Å². The van der Waals surface area contributed by atoms with Gasteiger partial charge in [0, 0.05) is 77.6 Å².